The van der Waals surface area contributed by atoms with Crippen molar-refractivity contribution in [2.24, 2.45) is 0 Å². The molecule has 0 aliphatic carbocycles. The van der Waals surface area contributed by atoms with Crippen molar-refractivity contribution in [3.63, 3.8) is 0 Å². The standard InChI is InChI=1S/C19H18O2/c1-4-14-6-8-15-11-18(21-17(15)10-14)19(20)16-7-5-12(2)13(3)9-16/h5-11H,4H2,1-3H3. The smallest absolute Gasteiger partial charge is 0.228 e. The molecule has 0 unspecified atom stereocenters. The minimum absolute atomic E-state index is 0.0626. The summed E-state index contributed by atoms with van der Waals surface area (Å²) in [6.45, 7) is 6.15. The van der Waals surface area contributed by atoms with Gasteiger partial charge in [-0.05, 0) is 55.2 Å². The Morgan fingerprint density at radius 2 is 1.81 bits per heavy atom. The van der Waals surface area contributed by atoms with Crippen molar-refractivity contribution in [2.45, 2.75) is 27.2 Å². The molecular formula is C19H18O2. The predicted molar refractivity (Wildman–Crippen MR) is 84.9 cm³/mol. The highest BCUT2D eigenvalue weighted by molar-refractivity contribution is 6.09. The summed E-state index contributed by atoms with van der Waals surface area (Å²) in [4.78, 5) is 12.5. The van der Waals surface area contributed by atoms with Crippen LogP contribution < -0.4 is 0 Å². The van der Waals surface area contributed by atoms with Crippen molar-refractivity contribution in [1.82, 2.24) is 0 Å². The molecule has 0 fully saturated rings. The van der Waals surface area contributed by atoms with E-state index in [0.717, 1.165) is 23.0 Å². The summed E-state index contributed by atoms with van der Waals surface area (Å²) < 4.78 is 5.75. The van der Waals surface area contributed by atoms with E-state index in [1.54, 1.807) is 0 Å². The highest BCUT2D eigenvalue weighted by Gasteiger charge is 2.15. The fourth-order valence-corrected chi connectivity index (χ4v) is 2.43. The van der Waals surface area contributed by atoms with Gasteiger partial charge in [-0.15, -0.1) is 0 Å². The summed E-state index contributed by atoms with van der Waals surface area (Å²) in [6.07, 6.45) is 0.955. The summed E-state index contributed by atoms with van der Waals surface area (Å²) in [6, 6.07) is 13.7. The number of hydrogen-bond donors (Lipinski definition) is 0. The molecule has 0 atom stereocenters. The molecule has 0 bridgehead atoms. The van der Waals surface area contributed by atoms with Gasteiger partial charge in [0.25, 0.3) is 0 Å². The van der Waals surface area contributed by atoms with Crippen LogP contribution in [0, 0.1) is 13.8 Å². The summed E-state index contributed by atoms with van der Waals surface area (Å²) in [5.74, 6) is 0.342. The lowest BCUT2D eigenvalue weighted by molar-refractivity contribution is 0.101. The lowest BCUT2D eigenvalue weighted by Crippen LogP contribution is -2.00. The molecule has 0 aliphatic heterocycles. The van der Waals surface area contributed by atoms with Crippen LogP contribution in [0.5, 0.6) is 0 Å². The van der Waals surface area contributed by atoms with Crippen LogP contribution in [0.25, 0.3) is 11.0 Å². The molecule has 0 saturated heterocycles. The summed E-state index contributed by atoms with van der Waals surface area (Å²) in [7, 11) is 0. The first-order chi connectivity index (χ1) is 10.1. The Kier molecular flexibility index (Phi) is 3.38. The molecule has 2 heteroatoms. The fraction of sp³-hybridized carbons (Fsp3) is 0.211. The zero-order valence-corrected chi connectivity index (χ0v) is 12.6. The van der Waals surface area contributed by atoms with E-state index in [0.29, 0.717) is 11.3 Å². The van der Waals surface area contributed by atoms with Crippen LogP contribution >= 0.6 is 0 Å². The SMILES string of the molecule is CCc1ccc2cc(C(=O)c3ccc(C)c(C)c3)oc2c1. The summed E-state index contributed by atoms with van der Waals surface area (Å²) in [5, 5.41) is 0.972. The molecule has 3 rings (SSSR count). The van der Waals surface area contributed by atoms with Gasteiger partial charge in [-0.3, -0.25) is 4.79 Å². The molecule has 0 spiro atoms. The Bertz CT molecular complexity index is 825. The first-order valence-electron chi connectivity index (χ1n) is 7.23. The second-order valence-corrected chi connectivity index (χ2v) is 5.46. The first-order valence-corrected chi connectivity index (χ1v) is 7.23. The van der Waals surface area contributed by atoms with E-state index in [1.807, 2.05) is 50.2 Å². The number of ketones is 1. The van der Waals surface area contributed by atoms with E-state index in [9.17, 15) is 4.79 Å². The zero-order valence-electron chi connectivity index (χ0n) is 12.6. The van der Waals surface area contributed by atoms with Crippen LogP contribution in [-0.4, -0.2) is 5.78 Å². The van der Waals surface area contributed by atoms with Gasteiger partial charge in [0.15, 0.2) is 5.76 Å². The van der Waals surface area contributed by atoms with Crippen LogP contribution in [0.15, 0.2) is 46.9 Å². The van der Waals surface area contributed by atoms with Crippen LogP contribution in [-0.2, 0) is 6.42 Å². The van der Waals surface area contributed by atoms with Crippen LogP contribution in [0.2, 0.25) is 0 Å². The fourth-order valence-electron chi connectivity index (χ4n) is 2.43. The van der Waals surface area contributed by atoms with Crippen molar-refractivity contribution in [1.29, 1.82) is 0 Å². The third kappa shape index (κ3) is 2.49. The van der Waals surface area contributed by atoms with Gasteiger partial charge in [-0.25, -0.2) is 0 Å². The number of benzene rings is 2. The quantitative estimate of drug-likeness (QED) is 0.641. The molecule has 1 aromatic heterocycles. The number of aryl methyl sites for hydroxylation is 3. The number of carbonyl (C=O) groups excluding carboxylic acids is 1. The maximum atomic E-state index is 12.5. The molecule has 0 aliphatic rings. The normalized spacial score (nSPS) is 11.0. The topological polar surface area (TPSA) is 30.2 Å². The maximum absolute atomic E-state index is 12.5. The van der Waals surface area contributed by atoms with Crippen molar-refractivity contribution in [3.05, 3.63) is 70.5 Å². The number of rotatable bonds is 3. The molecule has 106 valence electrons. The highest BCUT2D eigenvalue weighted by atomic mass is 16.3. The van der Waals surface area contributed by atoms with E-state index in [2.05, 4.69) is 13.0 Å². The van der Waals surface area contributed by atoms with Gasteiger partial charge in [-0.1, -0.05) is 31.2 Å². The summed E-state index contributed by atoms with van der Waals surface area (Å²) in [5.41, 5.74) is 4.96. The minimum atomic E-state index is -0.0626. The minimum Gasteiger partial charge on any atom is -0.453 e. The van der Waals surface area contributed by atoms with Gasteiger partial charge in [0.2, 0.25) is 5.78 Å². The van der Waals surface area contributed by atoms with Gasteiger partial charge in [0, 0.05) is 10.9 Å². The molecular weight excluding hydrogens is 260 g/mol. The average molecular weight is 278 g/mol. The predicted octanol–water partition coefficient (Wildman–Crippen LogP) is 4.84. The first kappa shape index (κ1) is 13.6. The Labute approximate surface area is 124 Å². The van der Waals surface area contributed by atoms with Gasteiger partial charge in [0.05, 0.1) is 0 Å². The molecule has 0 saturated carbocycles. The molecule has 2 nitrogen and oxygen atoms in total. The van der Waals surface area contributed by atoms with E-state index < -0.39 is 0 Å². The highest BCUT2D eigenvalue weighted by Crippen LogP contribution is 2.23. The third-order valence-corrected chi connectivity index (χ3v) is 3.99. The maximum Gasteiger partial charge on any atom is 0.228 e. The Morgan fingerprint density at radius 3 is 2.52 bits per heavy atom. The average Bonchev–Trinajstić information content (AvgIpc) is 2.92. The lowest BCUT2D eigenvalue weighted by Gasteiger charge is -2.02. The number of furan rings is 1. The van der Waals surface area contributed by atoms with Crippen LogP contribution in [0.4, 0.5) is 0 Å². The van der Waals surface area contributed by atoms with Gasteiger partial charge >= 0.3 is 0 Å². The molecule has 0 amide bonds. The van der Waals surface area contributed by atoms with Crippen LogP contribution in [0.1, 0.15) is 39.7 Å². The number of fused-ring (bicyclic) bond motifs is 1. The molecule has 2 aromatic carbocycles. The second-order valence-electron chi connectivity index (χ2n) is 5.46. The van der Waals surface area contributed by atoms with Crippen LogP contribution in [0.3, 0.4) is 0 Å². The molecule has 21 heavy (non-hydrogen) atoms. The molecule has 3 aromatic rings. The van der Waals surface area contributed by atoms with Gasteiger partial charge < -0.3 is 4.42 Å². The van der Waals surface area contributed by atoms with Gasteiger partial charge in [0.1, 0.15) is 5.58 Å². The number of hydrogen-bond acceptors (Lipinski definition) is 2. The zero-order chi connectivity index (χ0) is 15.0. The van der Waals surface area contributed by atoms with Gasteiger partial charge in [-0.2, -0.15) is 0 Å². The van der Waals surface area contributed by atoms with Crippen molar-refractivity contribution in [3.8, 4) is 0 Å². The van der Waals surface area contributed by atoms with E-state index in [-0.39, 0.29) is 5.78 Å². The molecule has 0 radical (unpaired) electrons. The van der Waals surface area contributed by atoms with E-state index in [1.165, 1.54) is 11.1 Å². The largest absolute Gasteiger partial charge is 0.453 e. The van der Waals surface area contributed by atoms with E-state index in [4.69, 9.17) is 4.42 Å². The second kappa shape index (κ2) is 5.21. The van der Waals surface area contributed by atoms with Crippen molar-refractivity contribution in [2.75, 3.05) is 0 Å². The van der Waals surface area contributed by atoms with E-state index >= 15 is 0 Å². The summed E-state index contributed by atoms with van der Waals surface area (Å²) >= 11 is 0. The van der Waals surface area contributed by atoms with Crippen molar-refractivity contribution < 1.29 is 9.21 Å². The molecule has 0 N–H and O–H groups in total. The Morgan fingerprint density at radius 1 is 1.00 bits per heavy atom. The molecule has 1 heterocycles. The monoisotopic (exact) mass is 278 g/mol. The Hall–Kier alpha value is -2.35. The third-order valence-electron chi connectivity index (χ3n) is 3.99. The Balaban J connectivity index is 2.02. The lowest BCUT2D eigenvalue weighted by atomic mass is 10.0. The van der Waals surface area contributed by atoms with Crippen molar-refractivity contribution >= 4 is 16.8 Å². The number of carbonyl (C=O) groups is 1.